The third-order valence-electron chi connectivity index (χ3n) is 4.30. The van der Waals surface area contributed by atoms with Gasteiger partial charge in [-0.2, -0.15) is 5.10 Å². The third-order valence-corrected chi connectivity index (χ3v) is 4.30. The number of carbonyl (C=O) groups is 2. The van der Waals surface area contributed by atoms with Crippen LogP contribution in [-0.4, -0.2) is 69.2 Å². The summed E-state index contributed by atoms with van der Waals surface area (Å²) < 4.78 is 0. The van der Waals surface area contributed by atoms with Gasteiger partial charge in [-0.3, -0.25) is 14.6 Å². The fourth-order valence-electron chi connectivity index (χ4n) is 3.01. The minimum atomic E-state index is -0.564. The van der Waals surface area contributed by atoms with Crippen molar-refractivity contribution in [1.82, 2.24) is 35.6 Å². The van der Waals surface area contributed by atoms with Crippen molar-refractivity contribution in [1.29, 1.82) is 0 Å². The van der Waals surface area contributed by atoms with Gasteiger partial charge in [-0.15, -0.1) is 0 Å². The first kappa shape index (κ1) is 21.1. The van der Waals surface area contributed by atoms with E-state index in [-0.39, 0.29) is 23.1 Å². The third kappa shape index (κ3) is 5.04. The van der Waals surface area contributed by atoms with E-state index < -0.39 is 11.9 Å². The van der Waals surface area contributed by atoms with Crippen LogP contribution >= 0.6 is 0 Å². The fraction of sp³-hybridized carbons (Fsp3) is 0.421. The summed E-state index contributed by atoms with van der Waals surface area (Å²) >= 11 is 0. The zero-order valence-corrected chi connectivity index (χ0v) is 17.4. The molecule has 1 aliphatic rings. The van der Waals surface area contributed by atoms with Crippen molar-refractivity contribution in [2.45, 2.75) is 26.3 Å². The van der Waals surface area contributed by atoms with Crippen molar-refractivity contribution in [2.24, 2.45) is 11.0 Å². The lowest BCUT2D eigenvalue weighted by Gasteiger charge is -2.16. The van der Waals surface area contributed by atoms with E-state index in [9.17, 15) is 9.59 Å². The van der Waals surface area contributed by atoms with Crippen LogP contribution in [0.1, 0.15) is 30.0 Å². The van der Waals surface area contributed by atoms with Gasteiger partial charge in [0, 0.05) is 14.1 Å². The van der Waals surface area contributed by atoms with Gasteiger partial charge in [0.15, 0.2) is 11.5 Å². The minimum Gasteiger partial charge on any atom is -0.354 e. The highest BCUT2D eigenvalue weighted by atomic mass is 16.2. The van der Waals surface area contributed by atoms with Crippen LogP contribution in [-0.2, 0) is 11.2 Å². The van der Waals surface area contributed by atoms with Gasteiger partial charge < -0.3 is 16.0 Å². The Labute approximate surface area is 174 Å². The zero-order chi connectivity index (χ0) is 21.7. The molecule has 0 aliphatic carbocycles. The lowest BCUT2D eigenvalue weighted by Crippen LogP contribution is -2.47. The lowest BCUT2D eigenvalue weighted by atomic mass is 10.1. The molecule has 2 amide bonds. The van der Waals surface area contributed by atoms with Crippen LogP contribution in [0.15, 0.2) is 30.0 Å². The van der Waals surface area contributed by atoms with Crippen molar-refractivity contribution in [2.75, 3.05) is 26.0 Å². The molecule has 0 radical (unpaired) electrons. The van der Waals surface area contributed by atoms with E-state index in [1.54, 1.807) is 30.6 Å². The molecule has 11 nitrogen and oxygen atoms in total. The summed E-state index contributed by atoms with van der Waals surface area (Å²) in [7, 11) is 3.26. The maximum atomic E-state index is 13.1. The van der Waals surface area contributed by atoms with E-state index in [0.29, 0.717) is 30.3 Å². The molecule has 3 rings (SSSR count). The number of nitrogens with one attached hydrogen (secondary N) is 3. The molecule has 3 N–H and O–H groups in total. The summed E-state index contributed by atoms with van der Waals surface area (Å²) in [5.74, 6) is -0.167. The number of hydrogen-bond acceptors (Lipinski definition) is 9. The number of amides is 2. The lowest BCUT2D eigenvalue weighted by molar-refractivity contribution is -0.114. The van der Waals surface area contributed by atoms with Crippen LogP contribution in [0.25, 0.3) is 0 Å². The number of likely N-dealkylation sites (N-methyl/N-ethyl adjacent to an activating group) is 1. The number of hydrogen-bond donors (Lipinski definition) is 3. The van der Waals surface area contributed by atoms with Crippen LogP contribution in [0.2, 0.25) is 0 Å². The van der Waals surface area contributed by atoms with E-state index >= 15 is 0 Å². The Bertz CT molecular complexity index is 946. The van der Waals surface area contributed by atoms with Crippen LogP contribution in [0.5, 0.6) is 0 Å². The second-order valence-electron chi connectivity index (χ2n) is 7.34. The monoisotopic (exact) mass is 411 g/mol. The Balaban J connectivity index is 1.88. The highest BCUT2D eigenvalue weighted by molar-refractivity contribution is 6.41. The Morgan fingerprint density at radius 2 is 1.93 bits per heavy atom. The predicted molar refractivity (Wildman–Crippen MR) is 111 cm³/mol. The van der Waals surface area contributed by atoms with Crippen molar-refractivity contribution < 1.29 is 9.59 Å². The molecule has 0 saturated heterocycles. The number of anilines is 2. The summed E-state index contributed by atoms with van der Waals surface area (Å²) in [6.07, 6.45) is 6.87. The molecular weight excluding hydrogens is 386 g/mol. The first-order chi connectivity index (χ1) is 14.4. The van der Waals surface area contributed by atoms with Gasteiger partial charge in [0.1, 0.15) is 12.0 Å². The number of carbonyl (C=O) groups excluding carboxylic acids is 2. The molecule has 1 aliphatic heterocycles. The van der Waals surface area contributed by atoms with Gasteiger partial charge in [0.05, 0.1) is 42.6 Å². The second kappa shape index (κ2) is 9.25. The van der Waals surface area contributed by atoms with Gasteiger partial charge in [-0.25, -0.2) is 19.9 Å². The van der Waals surface area contributed by atoms with Crippen LogP contribution < -0.4 is 16.0 Å². The van der Waals surface area contributed by atoms with Gasteiger partial charge in [-0.05, 0) is 12.3 Å². The topological polar surface area (TPSA) is 137 Å². The molecule has 0 bridgehead atoms. The Morgan fingerprint density at radius 1 is 1.20 bits per heavy atom. The molecule has 0 aromatic carbocycles. The first-order valence-corrected chi connectivity index (χ1v) is 9.58. The molecule has 0 fully saturated rings. The summed E-state index contributed by atoms with van der Waals surface area (Å²) in [4.78, 5) is 42.1. The highest BCUT2D eigenvalue weighted by Gasteiger charge is 2.32. The molecular formula is C19H25N9O2. The van der Waals surface area contributed by atoms with Gasteiger partial charge in [-0.1, -0.05) is 13.8 Å². The normalized spacial score (nSPS) is 15.7. The quantitative estimate of drug-likeness (QED) is 0.594. The summed E-state index contributed by atoms with van der Waals surface area (Å²) in [6, 6.07) is -0.564. The number of hydrazone groups is 1. The van der Waals surface area contributed by atoms with Crippen molar-refractivity contribution in [3.8, 4) is 0 Å². The van der Waals surface area contributed by atoms with Crippen LogP contribution in [0.3, 0.4) is 0 Å². The minimum absolute atomic E-state index is 0.128. The molecule has 0 saturated carbocycles. The fourth-order valence-corrected chi connectivity index (χ4v) is 3.01. The number of nitrogens with zero attached hydrogens (tertiary/aromatic N) is 6. The predicted octanol–water partition coefficient (Wildman–Crippen LogP) is 0.355. The molecule has 30 heavy (non-hydrogen) atoms. The van der Waals surface area contributed by atoms with Gasteiger partial charge in [0.25, 0.3) is 11.8 Å². The second-order valence-corrected chi connectivity index (χ2v) is 7.34. The van der Waals surface area contributed by atoms with E-state index in [2.05, 4.69) is 54.8 Å². The SMILES string of the molecule is CNC(=O)C1=NN(C)CC1NC(=O)c1nc(CC(C)C)cnc1Nc1cncnc1. The Kier molecular flexibility index (Phi) is 6.50. The number of aromatic nitrogens is 4. The molecule has 2 aromatic rings. The van der Waals surface area contributed by atoms with E-state index in [4.69, 9.17) is 0 Å². The summed E-state index contributed by atoms with van der Waals surface area (Å²) in [5, 5.41) is 14.2. The van der Waals surface area contributed by atoms with Gasteiger partial charge in [0.2, 0.25) is 0 Å². The molecule has 2 aromatic heterocycles. The highest BCUT2D eigenvalue weighted by Crippen LogP contribution is 2.18. The van der Waals surface area contributed by atoms with E-state index in [1.807, 2.05) is 0 Å². The Morgan fingerprint density at radius 3 is 2.60 bits per heavy atom. The van der Waals surface area contributed by atoms with Crippen LogP contribution in [0, 0.1) is 5.92 Å². The van der Waals surface area contributed by atoms with Gasteiger partial charge >= 0.3 is 0 Å². The molecule has 0 spiro atoms. The number of rotatable bonds is 7. The van der Waals surface area contributed by atoms with E-state index in [0.717, 1.165) is 0 Å². The maximum absolute atomic E-state index is 13.1. The zero-order valence-electron chi connectivity index (χ0n) is 17.4. The van der Waals surface area contributed by atoms with Crippen molar-refractivity contribution in [3.05, 3.63) is 36.3 Å². The van der Waals surface area contributed by atoms with Crippen LogP contribution in [0.4, 0.5) is 11.5 Å². The summed E-state index contributed by atoms with van der Waals surface area (Å²) in [5.41, 5.74) is 1.65. The molecule has 158 valence electrons. The molecule has 3 heterocycles. The smallest absolute Gasteiger partial charge is 0.274 e. The molecule has 1 atom stereocenters. The standard InChI is InChI=1S/C19H25N9O2/c1-11(2)5-12-8-23-17(25-13-6-21-10-22-7-13)16(24-12)19(30)26-14-9-28(4)27-15(14)18(29)20-3/h6-8,10-11,14H,5,9H2,1-4H3,(H,20,29)(H,23,25)(H,26,30). The van der Waals surface area contributed by atoms with Crippen molar-refractivity contribution in [3.63, 3.8) is 0 Å². The van der Waals surface area contributed by atoms with Crippen molar-refractivity contribution >= 4 is 29.0 Å². The first-order valence-electron chi connectivity index (χ1n) is 9.58. The average Bonchev–Trinajstić information content (AvgIpc) is 3.08. The largest absolute Gasteiger partial charge is 0.354 e. The average molecular weight is 411 g/mol. The Hall–Kier alpha value is -3.63. The molecule has 1 unspecified atom stereocenters. The summed E-state index contributed by atoms with van der Waals surface area (Å²) in [6.45, 7) is 4.51. The maximum Gasteiger partial charge on any atom is 0.274 e. The van der Waals surface area contributed by atoms with E-state index in [1.165, 1.54) is 13.4 Å². The molecule has 11 heteroatoms.